The summed E-state index contributed by atoms with van der Waals surface area (Å²) >= 11 is 0.825. The van der Waals surface area contributed by atoms with Gasteiger partial charge < -0.3 is 9.30 Å². The first-order valence-corrected chi connectivity index (χ1v) is 13.2. The quantitative estimate of drug-likeness (QED) is 0.326. The predicted octanol–water partition coefficient (Wildman–Crippen LogP) is 4.11. The van der Waals surface area contributed by atoms with Gasteiger partial charge in [0.05, 0.1) is 27.9 Å². The number of benzene rings is 3. The van der Waals surface area contributed by atoms with E-state index in [2.05, 4.69) is 9.73 Å². The van der Waals surface area contributed by atoms with Gasteiger partial charge >= 0.3 is 5.97 Å². The van der Waals surface area contributed by atoms with E-state index in [1.165, 1.54) is 28.6 Å². The summed E-state index contributed by atoms with van der Waals surface area (Å²) in [5.41, 5.74) is 0.476. The Hall–Kier alpha value is -3.90. The fraction of sp³-hybridized carbons (Fsp3) is 0.160. The molecule has 0 spiro atoms. The number of thiazole rings is 1. The second-order valence-electron chi connectivity index (χ2n) is 7.73. The second kappa shape index (κ2) is 10.6. The number of rotatable bonds is 7. The summed E-state index contributed by atoms with van der Waals surface area (Å²) in [4.78, 5) is 28.7. The molecular weight excluding hydrogens is 524 g/mol. The average Bonchev–Trinajstić information content (AvgIpc) is 3.21. The zero-order chi connectivity index (χ0) is 26.7. The van der Waals surface area contributed by atoms with Gasteiger partial charge in [-0.3, -0.25) is 13.9 Å². The number of hydrogen-bond acceptors (Lipinski definition) is 6. The van der Waals surface area contributed by atoms with Crippen molar-refractivity contribution in [3.05, 3.63) is 88.7 Å². The molecule has 0 N–H and O–H groups in total. The third-order valence-electron chi connectivity index (χ3n) is 5.43. The molecule has 0 radical (unpaired) electrons. The average molecular weight is 546 g/mol. The Labute approximate surface area is 215 Å². The summed E-state index contributed by atoms with van der Waals surface area (Å²) in [6, 6.07) is 15.6. The number of fused-ring (bicyclic) bond motifs is 1. The van der Waals surface area contributed by atoms with E-state index in [1.807, 2.05) is 0 Å². The first-order valence-electron chi connectivity index (χ1n) is 11.0. The molecule has 37 heavy (non-hydrogen) atoms. The summed E-state index contributed by atoms with van der Waals surface area (Å²) in [6.07, 6.45) is 0. The van der Waals surface area contributed by atoms with E-state index in [4.69, 9.17) is 0 Å². The number of carbonyl (C=O) groups is 2. The van der Waals surface area contributed by atoms with Gasteiger partial charge in [0.2, 0.25) is 0 Å². The van der Waals surface area contributed by atoms with Gasteiger partial charge in [-0.25, -0.2) is 17.2 Å². The number of para-hydroxylation sites is 1. The van der Waals surface area contributed by atoms with Crippen LogP contribution >= 0.6 is 11.3 Å². The van der Waals surface area contributed by atoms with Crippen molar-refractivity contribution in [2.24, 2.45) is 4.99 Å². The molecule has 0 bridgehead atoms. The van der Waals surface area contributed by atoms with E-state index >= 15 is 0 Å². The first kappa shape index (κ1) is 26.2. The smallest absolute Gasteiger partial charge is 0.325 e. The van der Waals surface area contributed by atoms with Gasteiger partial charge in [0.1, 0.15) is 12.4 Å². The summed E-state index contributed by atoms with van der Waals surface area (Å²) in [7, 11) is -2.74. The fourth-order valence-corrected chi connectivity index (χ4v) is 6.23. The highest BCUT2D eigenvalue weighted by Gasteiger charge is 2.24. The fourth-order valence-electron chi connectivity index (χ4n) is 3.69. The molecule has 0 saturated carbocycles. The van der Waals surface area contributed by atoms with Gasteiger partial charge in [-0.1, -0.05) is 29.5 Å². The lowest BCUT2D eigenvalue weighted by atomic mass is 10.2. The summed E-state index contributed by atoms with van der Waals surface area (Å²) in [5, 5.41) is 0. The molecule has 0 fully saturated rings. The van der Waals surface area contributed by atoms with Crippen molar-refractivity contribution < 1.29 is 31.5 Å². The van der Waals surface area contributed by atoms with Crippen molar-refractivity contribution in [1.82, 2.24) is 4.57 Å². The number of esters is 1. The van der Waals surface area contributed by atoms with E-state index in [1.54, 1.807) is 37.3 Å². The number of ether oxygens (including phenoxy) is 1. The van der Waals surface area contributed by atoms with Crippen LogP contribution in [0.4, 0.5) is 14.5 Å². The molecule has 4 rings (SSSR count). The SMILES string of the molecule is CCN(c1ccccc1)S(=O)(=O)c1ccc(C(=O)N=c2sc3cc(F)cc(F)c3n2CC(=O)OC)cc1. The minimum atomic E-state index is -3.89. The van der Waals surface area contributed by atoms with Crippen molar-refractivity contribution in [3.8, 4) is 0 Å². The largest absolute Gasteiger partial charge is 0.468 e. The highest BCUT2D eigenvalue weighted by Crippen LogP contribution is 2.24. The highest BCUT2D eigenvalue weighted by atomic mass is 32.2. The molecule has 0 unspecified atom stereocenters. The van der Waals surface area contributed by atoms with Crippen LogP contribution in [-0.4, -0.2) is 38.5 Å². The molecule has 8 nitrogen and oxygen atoms in total. The van der Waals surface area contributed by atoms with Gasteiger partial charge in [0.25, 0.3) is 15.9 Å². The number of hydrogen-bond donors (Lipinski definition) is 0. The molecule has 0 aliphatic carbocycles. The maximum absolute atomic E-state index is 14.5. The standard InChI is InChI=1S/C25H21F2N3O5S2/c1-3-30(18-7-5-4-6-8-18)37(33,34)19-11-9-16(10-12-19)24(32)28-25-29(15-22(31)35-2)23-20(27)13-17(26)14-21(23)36-25/h4-14H,3,15H2,1-2H3. The number of amides is 1. The summed E-state index contributed by atoms with van der Waals surface area (Å²) in [5.74, 6) is -3.21. The van der Waals surface area contributed by atoms with Crippen LogP contribution in [0, 0.1) is 11.6 Å². The summed E-state index contributed by atoms with van der Waals surface area (Å²) in [6.45, 7) is 1.46. The van der Waals surface area contributed by atoms with Gasteiger partial charge in [-0.15, -0.1) is 0 Å². The monoisotopic (exact) mass is 545 g/mol. The van der Waals surface area contributed by atoms with Crippen molar-refractivity contribution in [3.63, 3.8) is 0 Å². The van der Waals surface area contributed by atoms with Crippen LogP contribution in [-0.2, 0) is 26.1 Å². The maximum Gasteiger partial charge on any atom is 0.325 e. The predicted molar refractivity (Wildman–Crippen MR) is 135 cm³/mol. The zero-order valence-corrected chi connectivity index (χ0v) is 21.4. The molecule has 3 aromatic carbocycles. The van der Waals surface area contributed by atoms with Crippen LogP contribution < -0.4 is 9.11 Å². The van der Waals surface area contributed by atoms with E-state index < -0.39 is 40.1 Å². The lowest BCUT2D eigenvalue weighted by molar-refractivity contribution is -0.141. The maximum atomic E-state index is 14.5. The van der Waals surface area contributed by atoms with Gasteiger partial charge in [0.15, 0.2) is 10.6 Å². The van der Waals surface area contributed by atoms with Crippen LogP contribution in [0.25, 0.3) is 10.2 Å². The number of anilines is 1. The Morgan fingerprint density at radius 2 is 1.73 bits per heavy atom. The molecule has 0 saturated heterocycles. The molecule has 0 atom stereocenters. The first-order chi connectivity index (χ1) is 17.6. The molecule has 4 aromatic rings. The topological polar surface area (TPSA) is 98.0 Å². The second-order valence-corrected chi connectivity index (χ2v) is 10.6. The zero-order valence-electron chi connectivity index (χ0n) is 19.7. The third kappa shape index (κ3) is 5.30. The van der Waals surface area contributed by atoms with Crippen LogP contribution in [0.5, 0.6) is 0 Å². The van der Waals surface area contributed by atoms with E-state index in [-0.39, 0.29) is 32.0 Å². The molecule has 12 heteroatoms. The minimum Gasteiger partial charge on any atom is -0.468 e. The Balaban J connectivity index is 1.71. The summed E-state index contributed by atoms with van der Waals surface area (Å²) < 4.78 is 61.8. The van der Waals surface area contributed by atoms with Crippen molar-refractivity contribution in [2.75, 3.05) is 18.0 Å². The lowest BCUT2D eigenvalue weighted by Gasteiger charge is -2.22. The van der Waals surface area contributed by atoms with Crippen LogP contribution in [0.1, 0.15) is 17.3 Å². The van der Waals surface area contributed by atoms with Gasteiger partial charge in [0, 0.05) is 18.2 Å². The molecule has 1 heterocycles. The number of nitrogens with zero attached hydrogens (tertiary/aromatic N) is 3. The highest BCUT2D eigenvalue weighted by molar-refractivity contribution is 7.92. The van der Waals surface area contributed by atoms with Crippen molar-refractivity contribution >= 4 is 49.1 Å². The van der Waals surface area contributed by atoms with Crippen molar-refractivity contribution in [1.29, 1.82) is 0 Å². The Morgan fingerprint density at radius 3 is 2.35 bits per heavy atom. The molecular formula is C25H21F2N3O5S2. The van der Waals surface area contributed by atoms with Gasteiger partial charge in [-0.05, 0) is 49.4 Å². The lowest BCUT2D eigenvalue weighted by Crippen LogP contribution is -2.30. The van der Waals surface area contributed by atoms with E-state index in [0.29, 0.717) is 11.8 Å². The number of methoxy groups -OCH3 is 1. The van der Waals surface area contributed by atoms with Crippen molar-refractivity contribution in [2.45, 2.75) is 18.4 Å². The molecule has 192 valence electrons. The van der Waals surface area contributed by atoms with Crippen LogP contribution in [0.2, 0.25) is 0 Å². The van der Waals surface area contributed by atoms with Crippen LogP contribution in [0.15, 0.2) is 76.6 Å². The van der Waals surface area contributed by atoms with Gasteiger partial charge in [-0.2, -0.15) is 4.99 Å². The Bertz CT molecular complexity index is 1650. The molecule has 0 aliphatic rings. The minimum absolute atomic E-state index is 0.0186. The number of aromatic nitrogens is 1. The molecule has 0 aliphatic heterocycles. The third-order valence-corrected chi connectivity index (χ3v) is 8.37. The number of sulfonamides is 1. The number of halogens is 2. The van der Waals surface area contributed by atoms with E-state index in [0.717, 1.165) is 29.1 Å². The molecule has 1 amide bonds. The van der Waals surface area contributed by atoms with Crippen LogP contribution in [0.3, 0.4) is 0 Å². The molecule has 1 aromatic heterocycles. The number of carbonyl (C=O) groups excluding carboxylic acids is 2. The normalized spacial score (nSPS) is 12.1. The van der Waals surface area contributed by atoms with E-state index in [9.17, 15) is 26.8 Å². The Morgan fingerprint density at radius 1 is 1.05 bits per heavy atom. The Kier molecular flexibility index (Phi) is 7.50.